The van der Waals surface area contributed by atoms with Crippen molar-refractivity contribution in [2.75, 3.05) is 5.73 Å². The zero-order chi connectivity index (χ0) is 10.1. The van der Waals surface area contributed by atoms with E-state index in [0.717, 1.165) is 27.0 Å². The molecule has 4 heteroatoms. The Morgan fingerprint density at radius 2 is 2.29 bits per heavy atom. The lowest BCUT2D eigenvalue weighted by Gasteiger charge is -1.94. The summed E-state index contributed by atoms with van der Waals surface area (Å²) >= 11 is 1.02. The highest BCUT2D eigenvalue weighted by Gasteiger charge is 2.08. The second kappa shape index (κ2) is 3.28. The van der Waals surface area contributed by atoms with Crippen molar-refractivity contribution in [1.82, 2.24) is 0 Å². The SMILES string of the molecule is N#CCc1ccc2c(N)c(F)sc2c1. The number of nitriles is 1. The number of hydrogen-bond acceptors (Lipinski definition) is 3. The Hall–Kier alpha value is -1.60. The first-order valence-electron chi connectivity index (χ1n) is 4.05. The second-order valence-electron chi connectivity index (χ2n) is 2.95. The molecule has 14 heavy (non-hydrogen) atoms. The number of benzene rings is 1. The molecule has 0 amide bonds. The highest BCUT2D eigenvalue weighted by molar-refractivity contribution is 7.18. The molecule has 2 aromatic rings. The molecule has 2 rings (SSSR count). The van der Waals surface area contributed by atoms with E-state index in [2.05, 4.69) is 0 Å². The van der Waals surface area contributed by atoms with E-state index >= 15 is 0 Å². The van der Waals surface area contributed by atoms with Gasteiger partial charge >= 0.3 is 0 Å². The van der Waals surface area contributed by atoms with Gasteiger partial charge in [0.2, 0.25) is 5.13 Å². The molecule has 0 unspecified atom stereocenters. The first kappa shape index (κ1) is 8.97. The molecule has 0 radical (unpaired) electrons. The van der Waals surface area contributed by atoms with Crippen LogP contribution in [0, 0.1) is 16.5 Å². The van der Waals surface area contributed by atoms with Crippen molar-refractivity contribution in [2.24, 2.45) is 0 Å². The smallest absolute Gasteiger partial charge is 0.200 e. The molecule has 0 aliphatic rings. The lowest BCUT2D eigenvalue weighted by atomic mass is 10.1. The summed E-state index contributed by atoms with van der Waals surface area (Å²) in [6.45, 7) is 0. The number of fused-ring (bicyclic) bond motifs is 1. The van der Waals surface area contributed by atoms with E-state index in [-0.39, 0.29) is 10.8 Å². The van der Waals surface area contributed by atoms with E-state index < -0.39 is 0 Å². The minimum Gasteiger partial charge on any atom is -0.395 e. The quantitative estimate of drug-likeness (QED) is 0.779. The Kier molecular flexibility index (Phi) is 2.10. The molecule has 0 aliphatic heterocycles. The van der Waals surface area contributed by atoms with E-state index in [4.69, 9.17) is 11.0 Å². The van der Waals surface area contributed by atoms with Crippen molar-refractivity contribution in [1.29, 1.82) is 5.26 Å². The summed E-state index contributed by atoms with van der Waals surface area (Å²) in [5.74, 6) is 0. The number of halogens is 1. The fourth-order valence-electron chi connectivity index (χ4n) is 1.33. The number of anilines is 1. The van der Waals surface area contributed by atoms with E-state index in [9.17, 15) is 4.39 Å². The number of rotatable bonds is 1. The van der Waals surface area contributed by atoms with Crippen LogP contribution in [-0.4, -0.2) is 0 Å². The summed E-state index contributed by atoms with van der Waals surface area (Å²) in [6, 6.07) is 7.42. The van der Waals surface area contributed by atoms with Crippen LogP contribution in [0.4, 0.5) is 10.1 Å². The summed E-state index contributed by atoms with van der Waals surface area (Å²) in [5, 5.41) is 8.88. The molecule has 1 heterocycles. The lowest BCUT2D eigenvalue weighted by Crippen LogP contribution is -1.85. The maximum atomic E-state index is 13.1. The molecule has 0 saturated carbocycles. The molecule has 0 aliphatic carbocycles. The Morgan fingerprint density at radius 3 is 3.00 bits per heavy atom. The third-order valence-corrected chi connectivity index (χ3v) is 2.99. The number of hydrogen-bond donors (Lipinski definition) is 1. The van der Waals surface area contributed by atoms with Crippen LogP contribution in [0.3, 0.4) is 0 Å². The average Bonchev–Trinajstić information content (AvgIpc) is 2.43. The van der Waals surface area contributed by atoms with Crippen LogP contribution < -0.4 is 5.73 Å². The Balaban J connectivity index is 2.63. The highest BCUT2D eigenvalue weighted by atomic mass is 32.1. The fraction of sp³-hybridized carbons (Fsp3) is 0.100. The standard InChI is InChI=1S/C10H7FN2S/c11-10-9(13)7-2-1-6(3-4-12)5-8(7)14-10/h1-2,5H,3,13H2. The number of nitrogens with zero attached hydrogens (tertiary/aromatic N) is 1. The molecule has 0 bridgehead atoms. The normalized spacial score (nSPS) is 10.3. The largest absolute Gasteiger partial charge is 0.395 e. The van der Waals surface area contributed by atoms with E-state index in [1.165, 1.54) is 0 Å². The third-order valence-electron chi connectivity index (χ3n) is 2.03. The Bertz CT molecular complexity index is 525. The van der Waals surface area contributed by atoms with Gasteiger partial charge in [0.15, 0.2) is 0 Å². The van der Waals surface area contributed by atoms with Gasteiger partial charge in [0.1, 0.15) is 0 Å². The first-order chi connectivity index (χ1) is 6.72. The van der Waals surface area contributed by atoms with Crippen LogP contribution in [0.5, 0.6) is 0 Å². The fourth-order valence-corrected chi connectivity index (χ4v) is 2.24. The van der Waals surface area contributed by atoms with E-state index in [1.807, 2.05) is 12.1 Å². The van der Waals surface area contributed by atoms with Crippen LogP contribution in [0.25, 0.3) is 10.1 Å². The summed E-state index contributed by atoms with van der Waals surface area (Å²) in [7, 11) is 0. The highest BCUT2D eigenvalue weighted by Crippen LogP contribution is 2.32. The van der Waals surface area contributed by atoms with Crippen LogP contribution in [-0.2, 0) is 6.42 Å². The molecule has 0 saturated heterocycles. The molecule has 0 spiro atoms. The lowest BCUT2D eigenvalue weighted by molar-refractivity contribution is 0.662. The monoisotopic (exact) mass is 206 g/mol. The maximum Gasteiger partial charge on any atom is 0.200 e. The van der Waals surface area contributed by atoms with Gasteiger partial charge in [-0.25, -0.2) is 0 Å². The Morgan fingerprint density at radius 1 is 1.50 bits per heavy atom. The molecule has 1 aromatic carbocycles. The number of nitrogens with two attached hydrogens (primary N) is 1. The van der Waals surface area contributed by atoms with Crippen molar-refractivity contribution in [3.05, 3.63) is 28.9 Å². The van der Waals surface area contributed by atoms with E-state index in [1.54, 1.807) is 12.1 Å². The minimum atomic E-state index is -0.353. The molecular formula is C10H7FN2S. The van der Waals surface area contributed by atoms with Gasteiger partial charge in [-0.1, -0.05) is 12.1 Å². The van der Waals surface area contributed by atoms with Gasteiger partial charge in [0.25, 0.3) is 0 Å². The van der Waals surface area contributed by atoms with Gasteiger partial charge in [0, 0.05) is 10.1 Å². The minimum absolute atomic E-state index is 0.202. The van der Waals surface area contributed by atoms with Gasteiger partial charge in [-0.05, 0) is 11.6 Å². The zero-order valence-electron chi connectivity index (χ0n) is 7.25. The van der Waals surface area contributed by atoms with Crippen molar-refractivity contribution < 1.29 is 4.39 Å². The second-order valence-corrected chi connectivity index (χ2v) is 3.96. The molecule has 1 aromatic heterocycles. The van der Waals surface area contributed by atoms with Gasteiger partial charge in [-0.15, -0.1) is 11.3 Å². The van der Waals surface area contributed by atoms with Gasteiger partial charge in [-0.3, -0.25) is 0 Å². The van der Waals surface area contributed by atoms with Crippen LogP contribution in [0.15, 0.2) is 18.2 Å². The van der Waals surface area contributed by atoms with Crippen molar-refractivity contribution in [3.8, 4) is 6.07 Å². The Labute approximate surface area is 84.4 Å². The predicted octanol–water partition coefficient (Wildman–Crippen LogP) is 2.69. The topological polar surface area (TPSA) is 49.8 Å². The van der Waals surface area contributed by atoms with Crippen LogP contribution in [0.1, 0.15) is 5.56 Å². The molecule has 0 fully saturated rings. The molecule has 70 valence electrons. The predicted molar refractivity (Wildman–Crippen MR) is 55.5 cm³/mol. The van der Waals surface area contributed by atoms with Gasteiger partial charge in [-0.2, -0.15) is 9.65 Å². The maximum absolute atomic E-state index is 13.1. The summed E-state index contributed by atoms with van der Waals surface area (Å²) < 4.78 is 13.9. The summed E-state index contributed by atoms with van der Waals surface area (Å²) in [6.07, 6.45) is 0.343. The summed E-state index contributed by atoms with van der Waals surface area (Å²) in [5.41, 5.74) is 6.63. The van der Waals surface area contributed by atoms with Crippen LogP contribution in [0.2, 0.25) is 0 Å². The van der Waals surface area contributed by atoms with E-state index in [0.29, 0.717) is 6.42 Å². The number of thiophene rings is 1. The van der Waals surface area contributed by atoms with Crippen molar-refractivity contribution in [2.45, 2.75) is 6.42 Å². The molecule has 2 N–H and O–H groups in total. The van der Waals surface area contributed by atoms with Crippen LogP contribution >= 0.6 is 11.3 Å². The van der Waals surface area contributed by atoms with Crippen molar-refractivity contribution >= 4 is 27.1 Å². The summed E-state index contributed by atoms with van der Waals surface area (Å²) in [4.78, 5) is 0. The zero-order valence-corrected chi connectivity index (χ0v) is 8.07. The van der Waals surface area contributed by atoms with Gasteiger partial charge in [0.05, 0.1) is 18.2 Å². The first-order valence-corrected chi connectivity index (χ1v) is 4.87. The molecular weight excluding hydrogens is 199 g/mol. The van der Waals surface area contributed by atoms with Crippen molar-refractivity contribution in [3.63, 3.8) is 0 Å². The number of nitrogen functional groups attached to an aromatic ring is 1. The molecule has 0 atom stereocenters. The third kappa shape index (κ3) is 1.32. The van der Waals surface area contributed by atoms with Gasteiger partial charge < -0.3 is 5.73 Å². The average molecular weight is 206 g/mol. The molecule has 2 nitrogen and oxygen atoms in total.